The molecule has 4 amide bonds. The maximum Gasteiger partial charge on any atom is 0.420 e. The lowest BCUT2D eigenvalue weighted by molar-refractivity contribution is -0.137. The van der Waals surface area contributed by atoms with Crippen LogP contribution in [0.3, 0.4) is 0 Å². The molecule has 0 aromatic heterocycles. The van der Waals surface area contributed by atoms with Crippen molar-refractivity contribution in [1.82, 2.24) is 10.6 Å². The van der Waals surface area contributed by atoms with Crippen LogP contribution in [0.2, 0.25) is 0 Å². The maximum absolute atomic E-state index is 12.8. The van der Waals surface area contributed by atoms with Crippen LogP contribution in [-0.2, 0) is 21.3 Å². The first-order valence-corrected chi connectivity index (χ1v) is 13.5. The van der Waals surface area contributed by atoms with Gasteiger partial charge in [-0.25, -0.2) is 9.59 Å². The molecule has 2 aromatic rings. The zero-order valence-corrected chi connectivity index (χ0v) is 22.3. The highest BCUT2D eigenvalue weighted by atomic mass is 32.2. The first kappa shape index (κ1) is 31.6. The largest absolute Gasteiger partial charge is 0.464 e. The normalized spacial score (nSPS) is 17.7. The molecule has 222 valence electrons. The number of anilines is 1. The summed E-state index contributed by atoms with van der Waals surface area (Å²) in [5.74, 6) is -1.34. The summed E-state index contributed by atoms with van der Waals surface area (Å²) in [4.78, 5) is 37.0. The maximum atomic E-state index is 12.8. The zero-order chi connectivity index (χ0) is 30.3. The number of rotatable bonds is 8. The fourth-order valence-corrected chi connectivity index (χ4v) is 5.49. The standard InChI is InChI=1S/C26H28F3N3O8S/c27-26(28,29)17-9-11-18(12-10-17)32(25(37)38)24(36)30-13-22(35)31-20-4-2-1-3-19(20)23(41(39)40)16-7-5-15(6-8-16)21(34)14-33/h5-12,19-21,33-34H,1-4,13-14H2,(H,30,36)(H,31,35)(H,37,38)/t19-,20+,21?/m1/s1. The van der Waals surface area contributed by atoms with Crippen LogP contribution >= 0.6 is 0 Å². The molecule has 1 aliphatic rings. The molecule has 0 saturated heterocycles. The molecule has 0 heterocycles. The van der Waals surface area contributed by atoms with Crippen LogP contribution in [0.15, 0.2) is 48.5 Å². The van der Waals surface area contributed by atoms with Gasteiger partial charge in [-0.2, -0.15) is 26.5 Å². The second-order valence-electron chi connectivity index (χ2n) is 9.31. The number of aliphatic hydroxyl groups is 2. The molecule has 41 heavy (non-hydrogen) atoms. The summed E-state index contributed by atoms with van der Waals surface area (Å²) in [6.45, 7) is -1.19. The van der Waals surface area contributed by atoms with Crippen molar-refractivity contribution in [2.45, 2.75) is 44.0 Å². The third-order valence-corrected chi connectivity index (χ3v) is 7.53. The first-order chi connectivity index (χ1) is 19.3. The Morgan fingerprint density at radius 2 is 1.61 bits per heavy atom. The molecule has 0 aliphatic heterocycles. The number of imide groups is 1. The summed E-state index contributed by atoms with van der Waals surface area (Å²) in [5, 5.41) is 33.1. The number of carbonyl (C=O) groups excluding carboxylic acids is 2. The Morgan fingerprint density at radius 3 is 2.15 bits per heavy atom. The van der Waals surface area contributed by atoms with Crippen molar-refractivity contribution in [2.75, 3.05) is 18.1 Å². The highest BCUT2D eigenvalue weighted by Crippen LogP contribution is 2.31. The quantitative estimate of drug-likeness (QED) is 0.228. The topological polar surface area (TPSA) is 173 Å². The number of nitrogens with one attached hydrogen (secondary N) is 2. The Bertz CT molecular complexity index is 1390. The lowest BCUT2D eigenvalue weighted by Gasteiger charge is -2.32. The molecule has 1 unspecified atom stereocenters. The fourth-order valence-electron chi connectivity index (χ4n) is 4.63. The van der Waals surface area contributed by atoms with Crippen molar-refractivity contribution >= 4 is 38.9 Å². The number of aliphatic hydroxyl groups excluding tert-OH is 2. The Kier molecular flexibility index (Phi) is 10.5. The highest BCUT2D eigenvalue weighted by Gasteiger charge is 2.33. The molecule has 3 rings (SSSR count). The van der Waals surface area contributed by atoms with Crippen LogP contribution in [-0.4, -0.2) is 65.8 Å². The lowest BCUT2D eigenvalue weighted by atomic mass is 9.80. The summed E-state index contributed by atoms with van der Waals surface area (Å²) in [7, 11) is -2.67. The van der Waals surface area contributed by atoms with E-state index in [-0.39, 0.29) is 15.5 Å². The molecule has 11 nitrogen and oxygen atoms in total. The number of alkyl halides is 3. The minimum absolute atomic E-state index is 0.0448. The van der Waals surface area contributed by atoms with E-state index < -0.39 is 71.3 Å². The van der Waals surface area contributed by atoms with Crippen molar-refractivity contribution < 1.29 is 51.3 Å². The van der Waals surface area contributed by atoms with Gasteiger partial charge in [0.1, 0.15) is 6.10 Å². The molecule has 0 spiro atoms. The molecule has 1 fully saturated rings. The molecule has 5 N–H and O–H groups in total. The molecule has 0 bridgehead atoms. The number of benzene rings is 2. The van der Waals surface area contributed by atoms with E-state index >= 15 is 0 Å². The minimum atomic E-state index is -4.66. The highest BCUT2D eigenvalue weighted by molar-refractivity contribution is 7.73. The van der Waals surface area contributed by atoms with Crippen molar-refractivity contribution in [2.24, 2.45) is 5.92 Å². The van der Waals surface area contributed by atoms with E-state index in [9.17, 15) is 46.2 Å². The Hall–Kier alpha value is -3.95. The van der Waals surface area contributed by atoms with Crippen LogP contribution in [0.4, 0.5) is 28.4 Å². The van der Waals surface area contributed by atoms with Crippen LogP contribution < -0.4 is 15.5 Å². The smallest absolute Gasteiger partial charge is 0.420 e. The molecular formula is C26H28F3N3O8S. The molecular weight excluding hydrogens is 571 g/mol. The number of nitrogens with zero attached hydrogens (tertiary/aromatic N) is 1. The monoisotopic (exact) mass is 599 g/mol. The number of hydrogen-bond donors (Lipinski definition) is 5. The molecule has 0 radical (unpaired) electrons. The number of carbonyl (C=O) groups is 3. The van der Waals surface area contributed by atoms with Gasteiger partial charge in [0.25, 0.3) is 0 Å². The molecule has 3 atom stereocenters. The van der Waals surface area contributed by atoms with E-state index in [0.29, 0.717) is 48.9 Å². The predicted molar refractivity (Wildman–Crippen MR) is 141 cm³/mol. The summed E-state index contributed by atoms with van der Waals surface area (Å²) in [6, 6.07) is 6.90. The van der Waals surface area contributed by atoms with Gasteiger partial charge in [0.15, 0.2) is 0 Å². The molecule has 2 aromatic carbocycles. The van der Waals surface area contributed by atoms with Crippen LogP contribution in [0.25, 0.3) is 0 Å². The Morgan fingerprint density at radius 1 is 1.00 bits per heavy atom. The van der Waals surface area contributed by atoms with E-state index in [2.05, 4.69) is 10.6 Å². The average Bonchev–Trinajstić information content (AvgIpc) is 2.92. The van der Waals surface area contributed by atoms with Gasteiger partial charge < -0.3 is 26.0 Å². The second kappa shape index (κ2) is 13.6. The van der Waals surface area contributed by atoms with Gasteiger partial charge in [-0.05, 0) is 48.2 Å². The average molecular weight is 600 g/mol. The van der Waals surface area contributed by atoms with Crippen molar-refractivity contribution in [3.8, 4) is 0 Å². The van der Waals surface area contributed by atoms with E-state index in [1.165, 1.54) is 24.3 Å². The summed E-state index contributed by atoms with van der Waals surface area (Å²) >= 11 is 0. The van der Waals surface area contributed by atoms with Crippen molar-refractivity contribution in [3.63, 3.8) is 0 Å². The van der Waals surface area contributed by atoms with Gasteiger partial charge in [0.2, 0.25) is 16.2 Å². The Balaban J connectivity index is 1.70. The van der Waals surface area contributed by atoms with Crippen molar-refractivity contribution in [3.05, 3.63) is 65.2 Å². The van der Waals surface area contributed by atoms with E-state index in [0.717, 1.165) is 12.1 Å². The summed E-state index contributed by atoms with van der Waals surface area (Å²) in [5.41, 5.74) is -0.670. The van der Waals surface area contributed by atoms with E-state index in [1.807, 2.05) is 0 Å². The molecule has 1 saturated carbocycles. The van der Waals surface area contributed by atoms with Crippen LogP contribution in [0, 0.1) is 5.92 Å². The second-order valence-corrected chi connectivity index (χ2v) is 10.2. The fraction of sp³-hybridized carbons (Fsp3) is 0.385. The van der Waals surface area contributed by atoms with Crippen LogP contribution in [0.1, 0.15) is 48.5 Å². The van der Waals surface area contributed by atoms with Gasteiger partial charge in [-0.3, -0.25) is 4.79 Å². The third-order valence-electron chi connectivity index (χ3n) is 6.63. The number of urea groups is 1. The Labute approximate surface area is 234 Å². The molecule has 15 heteroatoms. The van der Waals surface area contributed by atoms with Gasteiger partial charge in [0, 0.05) is 12.0 Å². The van der Waals surface area contributed by atoms with Crippen LogP contribution in [0.5, 0.6) is 0 Å². The summed E-state index contributed by atoms with van der Waals surface area (Å²) in [6.07, 6.45) is -5.33. The summed E-state index contributed by atoms with van der Waals surface area (Å²) < 4.78 is 62.9. The number of halogens is 3. The van der Waals surface area contributed by atoms with Gasteiger partial charge >= 0.3 is 18.3 Å². The van der Waals surface area contributed by atoms with Gasteiger partial charge in [-0.1, -0.05) is 37.1 Å². The number of carboxylic acid groups (broad SMARTS) is 1. The van der Waals surface area contributed by atoms with Gasteiger partial charge in [-0.15, -0.1) is 0 Å². The number of amides is 4. The predicted octanol–water partition coefficient (Wildman–Crippen LogP) is 2.70. The van der Waals surface area contributed by atoms with Gasteiger partial charge in [0.05, 0.1) is 29.3 Å². The van der Waals surface area contributed by atoms with E-state index in [1.54, 1.807) is 0 Å². The SMILES string of the molecule is O=C(CNC(=O)N(C(=O)O)c1ccc(C(F)(F)F)cc1)N[C@H]1CCCC[C@H]1C(c1ccc(C(O)CO)cc1)=S(=O)=O. The zero-order valence-electron chi connectivity index (χ0n) is 21.5. The first-order valence-electron chi connectivity index (χ1n) is 12.5. The number of hydrogen-bond acceptors (Lipinski definition) is 7. The van der Waals surface area contributed by atoms with E-state index in [4.69, 9.17) is 5.11 Å². The third kappa shape index (κ3) is 8.05. The molecule has 1 aliphatic carbocycles. The lowest BCUT2D eigenvalue weighted by Crippen LogP contribution is -2.51. The van der Waals surface area contributed by atoms with Crippen molar-refractivity contribution in [1.29, 1.82) is 0 Å². The minimum Gasteiger partial charge on any atom is -0.464 e.